The SMILES string of the molecule is C=CCCc1ccc(-c2ccc(C3CCC4CC(CCC=C)CCC4C3)cc2)c(F)c1F. The molecule has 170 valence electrons. The lowest BCUT2D eigenvalue weighted by molar-refractivity contribution is 0.115. The molecule has 0 aromatic heterocycles. The van der Waals surface area contributed by atoms with Gasteiger partial charge in [0.05, 0.1) is 0 Å². The molecule has 0 amide bonds. The summed E-state index contributed by atoms with van der Waals surface area (Å²) in [5.74, 6) is 1.76. The predicted molar refractivity (Wildman–Crippen MR) is 131 cm³/mol. The molecule has 32 heavy (non-hydrogen) atoms. The number of rotatable bonds is 8. The summed E-state index contributed by atoms with van der Waals surface area (Å²) >= 11 is 0. The third kappa shape index (κ3) is 5.05. The number of hydrogen-bond donors (Lipinski definition) is 0. The van der Waals surface area contributed by atoms with Gasteiger partial charge >= 0.3 is 0 Å². The van der Waals surface area contributed by atoms with Crippen molar-refractivity contribution in [3.63, 3.8) is 0 Å². The molecule has 2 fully saturated rings. The third-order valence-electron chi connectivity index (χ3n) is 7.97. The molecule has 2 saturated carbocycles. The minimum atomic E-state index is -0.743. The molecule has 2 aromatic carbocycles. The van der Waals surface area contributed by atoms with Crippen molar-refractivity contribution in [1.82, 2.24) is 0 Å². The van der Waals surface area contributed by atoms with E-state index < -0.39 is 11.6 Å². The lowest BCUT2D eigenvalue weighted by Gasteiger charge is -2.42. The van der Waals surface area contributed by atoms with Gasteiger partial charge in [0.15, 0.2) is 11.6 Å². The Morgan fingerprint density at radius 2 is 1.50 bits per heavy atom. The van der Waals surface area contributed by atoms with Crippen molar-refractivity contribution >= 4 is 0 Å². The van der Waals surface area contributed by atoms with Gasteiger partial charge < -0.3 is 0 Å². The molecule has 2 aliphatic rings. The molecule has 4 atom stereocenters. The fraction of sp³-hybridized carbons (Fsp3) is 0.467. The minimum Gasteiger partial charge on any atom is -0.203 e. The summed E-state index contributed by atoms with van der Waals surface area (Å²) in [6.07, 6.45) is 15.4. The molecular formula is C30H36F2. The second-order valence-electron chi connectivity index (χ2n) is 9.92. The summed E-state index contributed by atoms with van der Waals surface area (Å²) in [5.41, 5.74) is 2.86. The maximum atomic E-state index is 14.7. The monoisotopic (exact) mass is 434 g/mol. The van der Waals surface area contributed by atoms with Crippen LogP contribution >= 0.6 is 0 Å². The Hall–Kier alpha value is -2.22. The van der Waals surface area contributed by atoms with Gasteiger partial charge in [0.2, 0.25) is 0 Å². The van der Waals surface area contributed by atoms with Crippen molar-refractivity contribution < 1.29 is 8.78 Å². The van der Waals surface area contributed by atoms with Gasteiger partial charge in [-0.3, -0.25) is 0 Å². The summed E-state index contributed by atoms with van der Waals surface area (Å²) in [7, 11) is 0. The Morgan fingerprint density at radius 1 is 0.781 bits per heavy atom. The molecule has 0 bridgehead atoms. The van der Waals surface area contributed by atoms with Crippen molar-refractivity contribution in [1.29, 1.82) is 0 Å². The average Bonchev–Trinajstić information content (AvgIpc) is 2.83. The number of halogens is 2. The number of allylic oxidation sites excluding steroid dienone is 2. The van der Waals surface area contributed by atoms with E-state index in [2.05, 4.69) is 31.4 Å². The molecule has 2 heteroatoms. The molecule has 2 aromatic rings. The smallest absolute Gasteiger partial charge is 0.166 e. The number of benzene rings is 2. The van der Waals surface area contributed by atoms with Crippen LogP contribution in [0.1, 0.15) is 74.8 Å². The topological polar surface area (TPSA) is 0 Å². The van der Waals surface area contributed by atoms with E-state index in [1.807, 2.05) is 12.1 Å². The molecular weight excluding hydrogens is 398 g/mol. The molecule has 0 N–H and O–H groups in total. The van der Waals surface area contributed by atoms with Crippen LogP contribution in [0, 0.1) is 29.4 Å². The van der Waals surface area contributed by atoms with E-state index in [1.165, 1.54) is 50.5 Å². The average molecular weight is 435 g/mol. The van der Waals surface area contributed by atoms with Crippen LogP contribution < -0.4 is 0 Å². The zero-order chi connectivity index (χ0) is 22.5. The quantitative estimate of drug-likeness (QED) is 0.364. The minimum absolute atomic E-state index is 0.345. The molecule has 4 unspecified atom stereocenters. The summed E-state index contributed by atoms with van der Waals surface area (Å²) in [5, 5.41) is 0. The van der Waals surface area contributed by atoms with Crippen molar-refractivity contribution in [2.75, 3.05) is 0 Å². The van der Waals surface area contributed by atoms with Crippen molar-refractivity contribution in [2.24, 2.45) is 17.8 Å². The summed E-state index contributed by atoms with van der Waals surface area (Å²) < 4.78 is 29.2. The van der Waals surface area contributed by atoms with Gasteiger partial charge in [-0.25, -0.2) is 8.78 Å². The molecule has 0 spiro atoms. The second kappa shape index (κ2) is 10.6. The van der Waals surface area contributed by atoms with Gasteiger partial charge in [0, 0.05) is 5.56 Å². The van der Waals surface area contributed by atoms with Gasteiger partial charge in [-0.1, -0.05) is 55.0 Å². The van der Waals surface area contributed by atoms with Crippen LogP contribution in [0.4, 0.5) is 8.78 Å². The summed E-state index contributed by atoms with van der Waals surface area (Å²) in [4.78, 5) is 0. The van der Waals surface area contributed by atoms with Crippen molar-refractivity contribution in [2.45, 2.75) is 70.1 Å². The zero-order valence-corrected chi connectivity index (χ0v) is 19.2. The van der Waals surface area contributed by atoms with Gasteiger partial charge in [-0.05, 0) is 98.1 Å². The van der Waals surface area contributed by atoms with Crippen LogP contribution in [-0.4, -0.2) is 0 Å². The van der Waals surface area contributed by atoms with E-state index >= 15 is 0 Å². The zero-order valence-electron chi connectivity index (χ0n) is 19.2. The van der Waals surface area contributed by atoms with Crippen molar-refractivity contribution in [3.05, 3.63) is 84.5 Å². The Kier molecular flexibility index (Phi) is 7.60. The van der Waals surface area contributed by atoms with Crippen molar-refractivity contribution in [3.8, 4) is 11.1 Å². The van der Waals surface area contributed by atoms with Gasteiger partial charge in [-0.15, -0.1) is 13.2 Å². The highest BCUT2D eigenvalue weighted by atomic mass is 19.2. The predicted octanol–water partition coefficient (Wildman–Crippen LogP) is 9.02. The lowest BCUT2D eigenvalue weighted by Crippen LogP contribution is -2.30. The van der Waals surface area contributed by atoms with E-state index in [4.69, 9.17) is 0 Å². The first kappa shape index (κ1) is 23.0. The first-order valence-corrected chi connectivity index (χ1v) is 12.4. The first-order chi connectivity index (χ1) is 15.6. The molecule has 2 aliphatic carbocycles. The molecule has 0 nitrogen and oxygen atoms in total. The van der Waals surface area contributed by atoms with Gasteiger partial charge in [-0.2, -0.15) is 0 Å². The van der Waals surface area contributed by atoms with E-state index in [1.54, 1.807) is 18.2 Å². The number of fused-ring (bicyclic) bond motifs is 1. The van der Waals surface area contributed by atoms with Gasteiger partial charge in [0.25, 0.3) is 0 Å². The largest absolute Gasteiger partial charge is 0.203 e. The maximum absolute atomic E-state index is 14.7. The van der Waals surface area contributed by atoms with Gasteiger partial charge in [0.1, 0.15) is 0 Å². The Labute approximate surface area is 192 Å². The molecule has 0 radical (unpaired) electrons. The summed E-state index contributed by atoms with van der Waals surface area (Å²) in [6, 6.07) is 11.6. The van der Waals surface area contributed by atoms with Crippen LogP contribution in [0.15, 0.2) is 61.7 Å². The first-order valence-electron chi connectivity index (χ1n) is 12.4. The van der Waals surface area contributed by atoms with E-state index in [0.29, 0.717) is 29.9 Å². The molecule has 4 rings (SSSR count). The lowest BCUT2D eigenvalue weighted by atomic mass is 9.63. The van der Waals surface area contributed by atoms with E-state index in [9.17, 15) is 8.78 Å². The highest BCUT2D eigenvalue weighted by Gasteiger charge is 2.35. The normalized spacial score (nSPS) is 25.2. The summed E-state index contributed by atoms with van der Waals surface area (Å²) in [6.45, 7) is 7.53. The van der Waals surface area contributed by atoms with E-state index in [0.717, 1.165) is 29.7 Å². The highest BCUT2D eigenvalue weighted by Crippen LogP contribution is 2.48. The molecule has 0 saturated heterocycles. The van der Waals surface area contributed by atoms with E-state index in [-0.39, 0.29) is 0 Å². The maximum Gasteiger partial charge on any atom is 0.166 e. The second-order valence-corrected chi connectivity index (χ2v) is 9.92. The fourth-order valence-electron chi connectivity index (χ4n) is 6.10. The van der Waals surface area contributed by atoms with Crippen LogP contribution in [-0.2, 0) is 6.42 Å². The molecule has 0 aliphatic heterocycles. The Balaban J connectivity index is 1.41. The highest BCUT2D eigenvalue weighted by molar-refractivity contribution is 5.65. The third-order valence-corrected chi connectivity index (χ3v) is 7.97. The van der Waals surface area contributed by atoms with Crippen LogP contribution in [0.5, 0.6) is 0 Å². The Bertz CT molecular complexity index is 927. The van der Waals surface area contributed by atoms with Crippen LogP contribution in [0.3, 0.4) is 0 Å². The standard InChI is InChI=1S/C30H36F2/c1-3-5-7-21-9-10-27-20-26(16-15-25(27)19-21)22-11-13-23(14-12-22)28-18-17-24(8-6-4-2)29(31)30(28)32/h3-4,11-14,17-18,21,25-27H,1-2,5-10,15-16,19-20H2. The molecule has 0 heterocycles. The number of aryl methyl sites for hydroxylation is 1. The Morgan fingerprint density at radius 3 is 2.25 bits per heavy atom. The van der Waals surface area contributed by atoms with Crippen LogP contribution in [0.2, 0.25) is 0 Å². The number of hydrogen-bond acceptors (Lipinski definition) is 0. The van der Waals surface area contributed by atoms with Crippen LogP contribution in [0.25, 0.3) is 11.1 Å². The fourth-order valence-corrected chi connectivity index (χ4v) is 6.10.